The summed E-state index contributed by atoms with van der Waals surface area (Å²) < 4.78 is 0. The minimum absolute atomic E-state index is 0.121. The number of aromatic nitrogens is 2. The van der Waals surface area contributed by atoms with Gasteiger partial charge in [0.1, 0.15) is 0 Å². The molecule has 4 nitrogen and oxygen atoms in total. The number of rotatable bonds is 2. The van der Waals surface area contributed by atoms with Crippen LogP contribution in [0.15, 0.2) is 103 Å². The van der Waals surface area contributed by atoms with Crippen molar-refractivity contribution in [3.63, 3.8) is 0 Å². The second-order valence-electron chi connectivity index (χ2n) is 8.48. The van der Waals surface area contributed by atoms with Crippen molar-refractivity contribution in [2.24, 2.45) is 0 Å². The van der Waals surface area contributed by atoms with Crippen LogP contribution in [0.2, 0.25) is 0 Å². The molecule has 2 aliphatic rings. The summed E-state index contributed by atoms with van der Waals surface area (Å²) in [6.45, 7) is 0.121. The molecule has 0 fully saturated rings. The molecule has 0 bridgehead atoms. The third-order valence-electron chi connectivity index (χ3n) is 6.58. The molecule has 4 heterocycles. The van der Waals surface area contributed by atoms with Crippen LogP contribution < -0.4 is 27.0 Å². The SMILES string of the molecule is c1ccc(-c2ccc3c(c2)B2c4cc(-c5ccccn5)ccc4Nc4cccc(c42)N3)nc1. The molecule has 3 aromatic carbocycles. The smallest absolute Gasteiger partial charge is 0.252 e. The lowest BCUT2D eigenvalue weighted by Crippen LogP contribution is -2.59. The molecule has 0 unspecified atom stereocenters. The minimum atomic E-state index is 0.121. The van der Waals surface area contributed by atoms with Crippen LogP contribution >= 0.6 is 0 Å². The predicted molar refractivity (Wildman–Crippen MR) is 137 cm³/mol. The van der Waals surface area contributed by atoms with Gasteiger partial charge in [0.2, 0.25) is 0 Å². The maximum atomic E-state index is 4.58. The lowest BCUT2D eigenvalue weighted by Gasteiger charge is -2.35. The summed E-state index contributed by atoms with van der Waals surface area (Å²) in [5.74, 6) is 0. The fraction of sp³-hybridized carbons (Fsp3) is 0. The minimum Gasteiger partial charge on any atom is -0.356 e. The highest BCUT2D eigenvalue weighted by Crippen LogP contribution is 2.32. The van der Waals surface area contributed by atoms with Crippen molar-refractivity contribution in [3.8, 4) is 22.5 Å². The lowest BCUT2D eigenvalue weighted by atomic mass is 9.33. The van der Waals surface area contributed by atoms with E-state index < -0.39 is 0 Å². The van der Waals surface area contributed by atoms with Crippen LogP contribution in [0.1, 0.15) is 0 Å². The number of hydrogen-bond donors (Lipinski definition) is 2. The van der Waals surface area contributed by atoms with Crippen LogP contribution in [-0.4, -0.2) is 16.7 Å². The van der Waals surface area contributed by atoms with Crippen molar-refractivity contribution >= 4 is 45.9 Å². The van der Waals surface area contributed by atoms with Crippen LogP contribution in [0, 0.1) is 0 Å². The summed E-state index contributed by atoms with van der Waals surface area (Å²) >= 11 is 0. The largest absolute Gasteiger partial charge is 0.356 e. The Labute approximate surface area is 192 Å². The Bertz CT molecular complexity index is 1410. The molecular weight excluding hydrogens is 403 g/mol. The predicted octanol–water partition coefficient (Wildman–Crippen LogP) is 4.44. The highest BCUT2D eigenvalue weighted by atomic mass is 14.9. The van der Waals surface area contributed by atoms with Crippen molar-refractivity contribution in [1.82, 2.24) is 9.97 Å². The number of anilines is 4. The number of fused-ring (bicyclic) bond motifs is 4. The molecule has 0 atom stereocenters. The Morgan fingerprint density at radius 3 is 1.55 bits per heavy atom. The molecule has 0 spiro atoms. The molecule has 2 N–H and O–H groups in total. The first-order valence-corrected chi connectivity index (χ1v) is 11.1. The number of pyridine rings is 2. The van der Waals surface area contributed by atoms with Gasteiger partial charge in [-0.25, -0.2) is 0 Å². The molecule has 33 heavy (non-hydrogen) atoms. The first-order chi connectivity index (χ1) is 16.3. The summed E-state index contributed by atoms with van der Waals surface area (Å²) in [6.07, 6.45) is 3.69. The first kappa shape index (κ1) is 18.2. The molecule has 2 aliphatic heterocycles. The monoisotopic (exact) mass is 422 g/mol. The summed E-state index contributed by atoms with van der Waals surface area (Å²) in [4.78, 5) is 9.16. The van der Waals surface area contributed by atoms with E-state index in [1.54, 1.807) is 0 Å². The van der Waals surface area contributed by atoms with E-state index in [-0.39, 0.29) is 6.71 Å². The summed E-state index contributed by atoms with van der Waals surface area (Å²) in [6, 6.07) is 31.8. The van der Waals surface area contributed by atoms with E-state index in [2.05, 4.69) is 87.3 Å². The lowest BCUT2D eigenvalue weighted by molar-refractivity contribution is 1.33. The standard InChI is InChI=1S/C28H19BN4/c1-3-14-30-22(6-1)18-10-12-24-20(16-18)29-21-17-19(23-7-2-4-15-31-23)11-13-25(21)33-27-9-5-8-26(32-24)28(27)29/h1-17,32-33H. The highest BCUT2D eigenvalue weighted by molar-refractivity contribution is 7.00. The maximum Gasteiger partial charge on any atom is 0.252 e. The summed E-state index contributed by atoms with van der Waals surface area (Å²) in [5.41, 5.74) is 12.6. The van der Waals surface area contributed by atoms with Crippen LogP contribution in [0.3, 0.4) is 0 Å². The van der Waals surface area contributed by atoms with Crippen molar-refractivity contribution in [3.05, 3.63) is 103 Å². The fourth-order valence-electron chi connectivity index (χ4n) is 5.08. The molecule has 0 saturated carbocycles. The maximum absolute atomic E-state index is 4.58. The Hall–Kier alpha value is -4.38. The number of nitrogens with one attached hydrogen (secondary N) is 2. The van der Waals surface area contributed by atoms with Crippen molar-refractivity contribution in [2.75, 3.05) is 10.6 Å². The Morgan fingerprint density at radius 1 is 0.515 bits per heavy atom. The van der Waals surface area contributed by atoms with Gasteiger partial charge in [-0.05, 0) is 76.0 Å². The highest BCUT2D eigenvalue weighted by Gasteiger charge is 2.37. The van der Waals surface area contributed by atoms with Crippen LogP contribution in [0.25, 0.3) is 22.5 Å². The van der Waals surface area contributed by atoms with Crippen molar-refractivity contribution in [1.29, 1.82) is 0 Å². The third-order valence-corrected chi connectivity index (χ3v) is 6.58. The van der Waals surface area contributed by atoms with E-state index in [1.165, 1.54) is 16.4 Å². The van der Waals surface area contributed by atoms with E-state index in [1.807, 2.05) is 36.7 Å². The number of nitrogens with zero attached hydrogens (tertiary/aromatic N) is 2. The molecule has 5 heteroatoms. The van der Waals surface area contributed by atoms with Crippen molar-refractivity contribution in [2.45, 2.75) is 0 Å². The molecule has 2 aromatic heterocycles. The molecule has 0 aliphatic carbocycles. The Kier molecular flexibility index (Phi) is 3.90. The van der Waals surface area contributed by atoms with Crippen LogP contribution in [0.5, 0.6) is 0 Å². The second-order valence-corrected chi connectivity index (χ2v) is 8.48. The van der Waals surface area contributed by atoms with E-state index in [4.69, 9.17) is 0 Å². The molecule has 0 radical (unpaired) electrons. The summed E-state index contributed by atoms with van der Waals surface area (Å²) in [7, 11) is 0. The molecule has 0 saturated heterocycles. The van der Waals surface area contributed by atoms with E-state index in [0.717, 1.165) is 45.3 Å². The quantitative estimate of drug-likeness (QED) is 0.405. The van der Waals surface area contributed by atoms with E-state index >= 15 is 0 Å². The third kappa shape index (κ3) is 2.86. The zero-order chi connectivity index (χ0) is 21.8. The van der Waals surface area contributed by atoms with Gasteiger partial charge in [-0.15, -0.1) is 0 Å². The van der Waals surface area contributed by atoms with E-state index in [9.17, 15) is 0 Å². The molecule has 0 amide bonds. The van der Waals surface area contributed by atoms with Crippen LogP contribution in [0.4, 0.5) is 22.7 Å². The fourth-order valence-corrected chi connectivity index (χ4v) is 5.08. The van der Waals surface area contributed by atoms with Gasteiger partial charge >= 0.3 is 0 Å². The van der Waals surface area contributed by atoms with Crippen LogP contribution in [-0.2, 0) is 0 Å². The average Bonchev–Trinajstić information content (AvgIpc) is 2.89. The van der Waals surface area contributed by atoms with Gasteiger partial charge in [-0.1, -0.05) is 42.5 Å². The molecule has 7 rings (SSSR count). The van der Waals surface area contributed by atoms with Gasteiger partial charge in [0.05, 0.1) is 11.4 Å². The first-order valence-electron chi connectivity index (χ1n) is 11.1. The van der Waals surface area contributed by atoms with Gasteiger partial charge in [0, 0.05) is 35.1 Å². The normalized spacial score (nSPS) is 12.7. The van der Waals surface area contributed by atoms with Gasteiger partial charge in [-0.2, -0.15) is 0 Å². The number of benzene rings is 3. The van der Waals surface area contributed by atoms with Gasteiger partial charge < -0.3 is 10.6 Å². The zero-order valence-corrected chi connectivity index (χ0v) is 17.8. The average molecular weight is 422 g/mol. The topological polar surface area (TPSA) is 49.8 Å². The van der Waals surface area contributed by atoms with E-state index in [0.29, 0.717) is 0 Å². The molecule has 5 aromatic rings. The Balaban J connectivity index is 1.46. The Morgan fingerprint density at radius 2 is 1.06 bits per heavy atom. The van der Waals surface area contributed by atoms with Crippen molar-refractivity contribution < 1.29 is 0 Å². The van der Waals surface area contributed by atoms with Gasteiger partial charge in [0.25, 0.3) is 6.71 Å². The zero-order valence-electron chi connectivity index (χ0n) is 17.8. The van der Waals surface area contributed by atoms with Gasteiger partial charge in [-0.3, -0.25) is 9.97 Å². The molecule has 154 valence electrons. The molecular formula is C28H19BN4. The summed E-state index contributed by atoms with van der Waals surface area (Å²) in [5, 5.41) is 7.33. The number of hydrogen-bond acceptors (Lipinski definition) is 4. The second kappa shape index (κ2) is 7.07. The van der Waals surface area contributed by atoms with Gasteiger partial charge in [0.15, 0.2) is 0 Å².